The summed E-state index contributed by atoms with van der Waals surface area (Å²) in [5.41, 5.74) is 0. The Bertz CT molecular complexity index is 270. The van der Waals surface area contributed by atoms with E-state index in [0.29, 0.717) is 13.0 Å². The van der Waals surface area contributed by atoms with E-state index in [-0.39, 0.29) is 24.7 Å². The highest BCUT2D eigenvalue weighted by molar-refractivity contribution is 6.05. The molecule has 0 aliphatic carbocycles. The fourth-order valence-electron chi connectivity index (χ4n) is 1.66. The lowest BCUT2D eigenvalue weighted by molar-refractivity contribution is -0.151. The number of hydrogen-bond donors (Lipinski definition) is 0. The second-order valence-electron chi connectivity index (χ2n) is 3.13. The number of amides is 2. The summed E-state index contributed by atoms with van der Waals surface area (Å²) in [6, 6.07) is -0.650. The first-order valence-electron chi connectivity index (χ1n) is 4.21. The molecule has 0 saturated carbocycles. The number of hydrogen-bond acceptors (Lipinski definition) is 4. The molecular formula is C8H9NO4. The van der Waals surface area contributed by atoms with Gasteiger partial charge in [-0.1, -0.05) is 0 Å². The van der Waals surface area contributed by atoms with Crippen LogP contribution in [0.1, 0.15) is 19.3 Å². The van der Waals surface area contributed by atoms with E-state index < -0.39 is 12.0 Å². The number of cyclic esters (lactones) is 1. The first kappa shape index (κ1) is 8.22. The number of esters is 1. The molecule has 0 spiro atoms. The van der Waals surface area contributed by atoms with Crippen LogP contribution < -0.4 is 0 Å². The molecule has 1 atom stereocenters. The third-order valence-electron chi connectivity index (χ3n) is 2.31. The zero-order valence-electron chi connectivity index (χ0n) is 6.99. The lowest BCUT2D eigenvalue weighted by atomic mass is 10.2. The van der Waals surface area contributed by atoms with Crippen LogP contribution >= 0.6 is 0 Å². The van der Waals surface area contributed by atoms with Gasteiger partial charge >= 0.3 is 5.97 Å². The Hall–Kier alpha value is -1.39. The largest absolute Gasteiger partial charge is 0.464 e. The highest BCUT2D eigenvalue weighted by Crippen LogP contribution is 2.21. The predicted octanol–water partition coefficient (Wildman–Crippen LogP) is -0.549. The van der Waals surface area contributed by atoms with Crippen molar-refractivity contribution >= 4 is 17.8 Å². The van der Waals surface area contributed by atoms with Crippen molar-refractivity contribution in [3.8, 4) is 0 Å². The van der Waals surface area contributed by atoms with E-state index in [1.807, 2.05) is 0 Å². The van der Waals surface area contributed by atoms with E-state index in [9.17, 15) is 14.4 Å². The van der Waals surface area contributed by atoms with Crippen LogP contribution in [0.2, 0.25) is 0 Å². The molecule has 0 aromatic carbocycles. The fourth-order valence-corrected chi connectivity index (χ4v) is 1.66. The van der Waals surface area contributed by atoms with Gasteiger partial charge in [0, 0.05) is 19.3 Å². The quantitative estimate of drug-likeness (QED) is 0.404. The molecule has 0 N–H and O–H groups in total. The van der Waals surface area contributed by atoms with Crippen molar-refractivity contribution in [3.05, 3.63) is 0 Å². The van der Waals surface area contributed by atoms with E-state index >= 15 is 0 Å². The van der Waals surface area contributed by atoms with Gasteiger partial charge in [0.2, 0.25) is 11.8 Å². The molecule has 2 rings (SSSR count). The van der Waals surface area contributed by atoms with Gasteiger partial charge in [-0.3, -0.25) is 14.5 Å². The normalized spacial score (nSPS) is 28.5. The third-order valence-corrected chi connectivity index (χ3v) is 2.31. The SMILES string of the molecule is O=C1OCCC1N1C(=O)CCC1=O. The minimum atomic E-state index is -0.650. The van der Waals surface area contributed by atoms with Gasteiger partial charge in [-0.05, 0) is 0 Å². The minimum Gasteiger partial charge on any atom is -0.464 e. The molecule has 0 bridgehead atoms. The monoisotopic (exact) mass is 183 g/mol. The molecule has 2 fully saturated rings. The van der Waals surface area contributed by atoms with Crippen LogP contribution in [-0.2, 0) is 19.1 Å². The van der Waals surface area contributed by atoms with Crippen molar-refractivity contribution in [1.82, 2.24) is 4.90 Å². The van der Waals surface area contributed by atoms with Crippen molar-refractivity contribution in [2.24, 2.45) is 0 Å². The Morgan fingerprint density at radius 1 is 1.15 bits per heavy atom. The average molecular weight is 183 g/mol. The molecule has 2 heterocycles. The first-order chi connectivity index (χ1) is 6.20. The highest BCUT2D eigenvalue weighted by atomic mass is 16.5. The maximum Gasteiger partial charge on any atom is 0.329 e. The molecule has 70 valence electrons. The van der Waals surface area contributed by atoms with E-state index in [1.54, 1.807) is 0 Å². The second kappa shape index (κ2) is 2.83. The molecule has 2 aliphatic rings. The number of rotatable bonds is 1. The Kier molecular flexibility index (Phi) is 1.79. The molecule has 5 heteroatoms. The number of likely N-dealkylation sites (tertiary alicyclic amines) is 1. The van der Waals surface area contributed by atoms with Crippen LogP contribution in [-0.4, -0.2) is 35.3 Å². The Balaban J connectivity index is 2.19. The Morgan fingerprint density at radius 3 is 2.23 bits per heavy atom. The molecule has 2 amide bonds. The van der Waals surface area contributed by atoms with E-state index in [4.69, 9.17) is 0 Å². The predicted molar refractivity (Wildman–Crippen MR) is 40.5 cm³/mol. The molecule has 2 aliphatic heterocycles. The minimum absolute atomic E-state index is 0.225. The van der Waals surface area contributed by atoms with Crippen LogP contribution in [0.15, 0.2) is 0 Å². The molecule has 2 saturated heterocycles. The summed E-state index contributed by atoms with van der Waals surface area (Å²) in [4.78, 5) is 34.6. The van der Waals surface area contributed by atoms with Gasteiger partial charge < -0.3 is 4.74 Å². The van der Waals surface area contributed by atoms with Crippen molar-refractivity contribution in [3.63, 3.8) is 0 Å². The summed E-state index contributed by atoms with van der Waals surface area (Å²) in [6.07, 6.45) is 0.890. The summed E-state index contributed by atoms with van der Waals surface area (Å²) >= 11 is 0. The highest BCUT2D eigenvalue weighted by Gasteiger charge is 2.41. The van der Waals surface area contributed by atoms with E-state index in [1.165, 1.54) is 0 Å². The summed E-state index contributed by atoms with van der Waals surface area (Å²) in [5, 5.41) is 0. The van der Waals surface area contributed by atoms with Crippen LogP contribution in [0.25, 0.3) is 0 Å². The van der Waals surface area contributed by atoms with Gasteiger partial charge in [-0.25, -0.2) is 4.79 Å². The van der Waals surface area contributed by atoms with Crippen molar-refractivity contribution in [2.45, 2.75) is 25.3 Å². The van der Waals surface area contributed by atoms with Gasteiger partial charge in [0.05, 0.1) is 6.61 Å². The van der Waals surface area contributed by atoms with Gasteiger partial charge in [-0.15, -0.1) is 0 Å². The van der Waals surface area contributed by atoms with Crippen molar-refractivity contribution in [2.75, 3.05) is 6.61 Å². The van der Waals surface area contributed by atoms with Gasteiger partial charge in [0.15, 0.2) is 0 Å². The van der Waals surface area contributed by atoms with Crippen LogP contribution in [0.3, 0.4) is 0 Å². The molecule has 0 aromatic rings. The van der Waals surface area contributed by atoms with Crippen LogP contribution in [0, 0.1) is 0 Å². The van der Waals surface area contributed by atoms with Gasteiger partial charge in [-0.2, -0.15) is 0 Å². The third kappa shape index (κ3) is 1.20. The van der Waals surface area contributed by atoms with Crippen LogP contribution in [0.5, 0.6) is 0 Å². The number of imide groups is 1. The molecule has 0 aromatic heterocycles. The number of nitrogens with zero attached hydrogens (tertiary/aromatic N) is 1. The lowest BCUT2D eigenvalue weighted by Crippen LogP contribution is -2.42. The molecular weight excluding hydrogens is 174 g/mol. The van der Waals surface area contributed by atoms with E-state index in [0.717, 1.165) is 4.90 Å². The zero-order chi connectivity index (χ0) is 9.42. The summed E-state index contributed by atoms with van der Waals surface area (Å²) in [5.74, 6) is -0.966. The molecule has 13 heavy (non-hydrogen) atoms. The number of carbonyl (C=O) groups is 3. The van der Waals surface area contributed by atoms with E-state index in [2.05, 4.69) is 4.74 Å². The van der Waals surface area contributed by atoms with Crippen molar-refractivity contribution < 1.29 is 19.1 Å². The number of carbonyl (C=O) groups excluding carboxylic acids is 3. The Morgan fingerprint density at radius 2 is 1.77 bits per heavy atom. The lowest BCUT2D eigenvalue weighted by Gasteiger charge is -2.17. The maximum atomic E-state index is 11.2. The molecule has 5 nitrogen and oxygen atoms in total. The standard InChI is InChI=1S/C8H9NO4/c10-6-1-2-7(11)9(6)5-3-4-13-8(5)12/h5H,1-4H2. The topological polar surface area (TPSA) is 63.7 Å². The summed E-state index contributed by atoms with van der Waals surface area (Å²) in [6.45, 7) is 0.306. The number of ether oxygens (including phenoxy) is 1. The van der Waals surface area contributed by atoms with Crippen molar-refractivity contribution in [1.29, 1.82) is 0 Å². The summed E-state index contributed by atoms with van der Waals surface area (Å²) in [7, 11) is 0. The van der Waals surface area contributed by atoms with Gasteiger partial charge in [0.25, 0.3) is 0 Å². The average Bonchev–Trinajstić information content (AvgIpc) is 2.60. The molecule has 1 unspecified atom stereocenters. The second-order valence-corrected chi connectivity index (χ2v) is 3.13. The molecule has 0 radical (unpaired) electrons. The first-order valence-corrected chi connectivity index (χ1v) is 4.21. The maximum absolute atomic E-state index is 11.2. The fraction of sp³-hybridized carbons (Fsp3) is 0.625. The Labute approximate surface area is 74.6 Å². The van der Waals surface area contributed by atoms with Gasteiger partial charge in [0.1, 0.15) is 6.04 Å². The smallest absolute Gasteiger partial charge is 0.329 e. The zero-order valence-corrected chi connectivity index (χ0v) is 6.99. The summed E-state index contributed by atoms with van der Waals surface area (Å²) < 4.78 is 4.69. The van der Waals surface area contributed by atoms with Crippen LogP contribution in [0.4, 0.5) is 0 Å².